The van der Waals surface area contributed by atoms with Gasteiger partial charge in [0.05, 0.1) is 5.69 Å². The molecule has 1 unspecified atom stereocenters. The molecular formula is C19H23N5O2. The van der Waals surface area contributed by atoms with Crippen LogP contribution in [0.3, 0.4) is 0 Å². The van der Waals surface area contributed by atoms with Crippen molar-refractivity contribution in [3.63, 3.8) is 0 Å². The summed E-state index contributed by atoms with van der Waals surface area (Å²) in [5.41, 5.74) is 2.35. The van der Waals surface area contributed by atoms with Crippen LogP contribution >= 0.6 is 0 Å². The second kappa shape index (κ2) is 7.51. The summed E-state index contributed by atoms with van der Waals surface area (Å²) in [5, 5.41) is 5.73. The third kappa shape index (κ3) is 3.82. The van der Waals surface area contributed by atoms with Crippen LogP contribution in [0.1, 0.15) is 19.7 Å². The molecule has 26 heavy (non-hydrogen) atoms. The van der Waals surface area contributed by atoms with Gasteiger partial charge in [0, 0.05) is 30.5 Å². The number of urea groups is 1. The van der Waals surface area contributed by atoms with Crippen LogP contribution < -0.4 is 10.6 Å². The molecule has 1 fully saturated rings. The normalized spacial score (nSPS) is 17.2. The molecule has 1 saturated heterocycles. The first-order chi connectivity index (χ1) is 12.5. The average molecular weight is 353 g/mol. The Labute approximate surface area is 152 Å². The van der Waals surface area contributed by atoms with E-state index in [4.69, 9.17) is 0 Å². The number of nitrogens with one attached hydrogen (secondary N) is 2. The molecule has 0 aliphatic carbocycles. The smallest absolute Gasteiger partial charge is 0.322 e. The Morgan fingerprint density at radius 3 is 2.88 bits per heavy atom. The number of aromatic nitrogens is 2. The number of hydrogen-bond acceptors (Lipinski definition) is 4. The summed E-state index contributed by atoms with van der Waals surface area (Å²) in [6.07, 6.45) is 1.71. The van der Waals surface area contributed by atoms with Gasteiger partial charge in [-0.25, -0.2) is 14.8 Å². The summed E-state index contributed by atoms with van der Waals surface area (Å²) in [5.74, 6) is 0.624. The molecule has 2 N–H and O–H groups in total. The van der Waals surface area contributed by atoms with Gasteiger partial charge in [0.2, 0.25) is 5.91 Å². The van der Waals surface area contributed by atoms with Crippen molar-refractivity contribution in [2.45, 2.75) is 26.8 Å². The first-order valence-electron chi connectivity index (χ1n) is 8.71. The number of carbonyl (C=O) groups is 2. The van der Waals surface area contributed by atoms with Gasteiger partial charge < -0.3 is 15.5 Å². The topological polar surface area (TPSA) is 87.2 Å². The molecule has 1 atom stereocenters. The Hall–Kier alpha value is -2.96. The van der Waals surface area contributed by atoms with E-state index in [1.807, 2.05) is 51.1 Å². The van der Waals surface area contributed by atoms with E-state index < -0.39 is 6.04 Å². The molecule has 7 heteroatoms. The Morgan fingerprint density at radius 1 is 1.35 bits per heavy atom. The predicted molar refractivity (Wildman–Crippen MR) is 99.6 cm³/mol. The van der Waals surface area contributed by atoms with E-state index in [1.165, 1.54) is 0 Å². The Balaban J connectivity index is 1.79. The highest BCUT2D eigenvalue weighted by Gasteiger charge is 2.35. The van der Waals surface area contributed by atoms with Crippen molar-refractivity contribution >= 4 is 17.6 Å². The second-order valence-electron chi connectivity index (χ2n) is 6.67. The highest BCUT2D eigenvalue weighted by molar-refractivity contribution is 5.95. The lowest BCUT2D eigenvalue weighted by molar-refractivity contribution is -0.129. The van der Waals surface area contributed by atoms with E-state index in [2.05, 4.69) is 20.6 Å². The van der Waals surface area contributed by atoms with Crippen LogP contribution in [-0.4, -0.2) is 45.9 Å². The van der Waals surface area contributed by atoms with Gasteiger partial charge >= 0.3 is 6.03 Å². The molecule has 3 rings (SSSR count). The Kier molecular flexibility index (Phi) is 5.16. The van der Waals surface area contributed by atoms with Crippen LogP contribution in [0, 0.1) is 12.8 Å². The maximum atomic E-state index is 12.7. The number of benzene rings is 1. The fourth-order valence-corrected chi connectivity index (χ4v) is 3.14. The molecule has 2 heterocycles. The van der Waals surface area contributed by atoms with E-state index in [1.54, 1.807) is 11.1 Å². The van der Waals surface area contributed by atoms with Crippen molar-refractivity contribution in [1.82, 2.24) is 20.2 Å². The fourth-order valence-electron chi connectivity index (χ4n) is 3.14. The number of rotatable bonds is 3. The van der Waals surface area contributed by atoms with Crippen LogP contribution in [0.5, 0.6) is 0 Å². The highest BCUT2D eigenvalue weighted by Crippen LogP contribution is 2.22. The number of hydrogen-bond donors (Lipinski definition) is 2. The number of piperazine rings is 1. The van der Waals surface area contributed by atoms with Crippen LogP contribution in [0.4, 0.5) is 10.5 Å². The van der Waals surface area contributed by atoms with E-state index in [0.717, 1.165) is 11.3 Å². The first kappa shape index (κ1) is 17.8. The monoisotopic (exact) mass is 353 g/mol. The lowest BCUT2D eigenvalue weighted by atomic mass is 10.00. The molecular weight excluding hydrogens is 330 g/mol. The molecule has 136 valence electrons. The van der Waals surface area contributed by atoms with Gasteiger partial charge in [-0.3, -0.25) is 4.79 Å². The number of aryl methyl sites for hydroxylation is 1. The summed E-state index contributed by atoms with van der Waals surface area (Å²) in [7, 11) is 0. The number of nitrogens with zero attached hydrogens (tertiary/aromatic N) is 3. The molecule has 1 aliphatic heterocycles. The highest BCUT2D eigenvalue weighted by atomic mass is 16.2. The Morgan fingerprint density at radius 2 is 2.15 bits per heavy atom. The molecule has 1 aromatic carbocycles. The summed E-state index contributed by atoms with van der Waals surface area (Å²) in [4.78, 5) is 35.0. The summed E-state index contributed by atoms with van der Waals surface area (Å²) in [6.45, 7) is 6.67. The maximum absolute atomic E-state index is 12.7. The lowest BCUT2D eigenvalue weighted by Crippen LogP contribution is -2.60. The zero-order valence-electron chi connectivity index (χ0n) is 15.2. The van der Waals surface area contributed by atoms with Crippen LogP contribution in [0.2, 0.25) is 0 Å². The zero-order chi connectivity index (χ0) is 18.7. The SMILES string of the molecule is Cc1nccc(-c2cccc(NC(=O)N3CCNC(=O)C3C(C)C)c2)n1. The lowest BCUT2D eigenvalue weighted by Gasteiger charge is -2.37. The molecule has 0 saturated carbocycles. The van der Waals surface area contributed by atoms with E-state index in [9.17, 15) is 9.59 Å². The fraction of sp³-hybridized carbons (Fsp3) is 0.368. The van der Waals surface area contributed by atoms with Crippen molar-refractivity contribution in [1.29, 1.82) is 0 Å². The number of amides is 3. The largest absolute Gasteiger partial charge is 0.353 e. The van der Waals surface area contributed by atoms with Gasteiger partial charge in [0.1, 0.15) is 11.9 Å². The minimum atomic E-state index is -0.462. The molecule has 0 spiro atoms. The van der Waals surface area contributed by atoms with Crippen molar-refractivity contribution in [3.8, 4) is 11.3 Å². The minimum absolute atomic E-state index is 0.0383. The maximum Gasteiger partial charge on any atom is 0.322 e. The van der Waals surface area contributed by atoms with Crippen LogP contribution in [0.15, 0.2) is 36.5 Å². The van der Waals surface area contributed by atoms with Gasteiger partial charge in [-0.2, -0.15) is 0 Å². The third-order valence-corrected chi connectivity index (χ3v) is 4.33. The van der Waals surface area contributed by atoms with E-state index in [-0.39, 0.29) is 17.9 Å². The van der Waals surface area contributed by atoms with Crippen molar-refractivity contribution in [3.05, 3.63) is 42.4 Å². The molecule has 2 aromatic rings. The van der Waals surface area contributed by atoms with Crippen molar-refractivity contribution < 1.29 is 9.59 Å². The number of carbonyl (C=O) groups excluding carboxylic acids is 2. The van der Waals surface area contributed by atoms with Crippen LogP contribution in [0.25, 0.3) is 11.3 Å². The molecule has 3 amide bonds. The number of anilines is 1. The Bertz CT molecular complexity index is 821. The predicted octanol–water partition coefficient (Wildman–Crippen LogP) is 2.44. The van der Waals surface area contributed by atoms with Gasteiger partial charge in [0.15, 0.2) is 0 Å². The third-order valence-electron chi connectivity index (χ3n) is 4.33. The van der Waals surface area contributed by atoms with E-state index >= 15 is 0 Å². The van der Waals surface area contributed by atoms with Gasteiger partial charge in [0.25, 0.3) is 0 Å². The van der Waals surface area contributed by atoms with E-state index in [0.29, 0.717) is 24.6 Å². The molecule has 7 nitrogen and oxygen atoms in total. The molecule has 0 bridgehead atoms. The van der Waals surface area contributed by atoms with Gasteiger partial charge in [-0.1, -0.05) is 26.0 Å². The zero-order valence-corrected chi connectivity index (χ0v) is 15.2. The standard InChI is InChI=1S/C19H23N5O2/c1-12(2)17-18(25)21-9-10-24(17)19(26)23-15-6-4-5-14(11-15)16-7-8-20-13(3)22-16/h4-8,11-12,17H,9-10H2,1-3H3,(H,21,25)(H,23,26). The van der Waals surface area contributed by atoms with Gasteiger partial charge in [-0.15, -0.1) is 0 Å². The summed E-state index contributed by atoms with van der Waals surface area (Å²) < 4.78 is 0. The van der Waals surface area contributed by atoms with Crippen molar-refractivity contribution in [2.24, 2.45) is 5.92 Å². The molecule has 1 aromatic heterocycles. The minimum Gasteiger partial charge on any atom is -0.353 e. The summed E-state index contributed by atoms with van der Waals surface area (Å²) >= 11 is 0. The van der Waals surface area contributed by atoms with Gasteiger partial charge in [-0.05, 0) is 31.0 Å². The first-order valence-corrected chi connectivity index (χ1v) is 8.71. The van der Waals surface area contributed by atoms with Crippen molar-refractivity contribution in [2.75, 3.05) is 18.4 Å². The summed E-state index contributed by atoms with van der Waals surface area (Å²) in [6, 6.07) is 8.59. The molecule has 0 radical (unpaired) electrons. The molecule has 1 aliphatic rings. The van der Waals surface area contributed by atoms with Crippen LogP contribution in [-0.2, 0) is 4.79 Å². The quantitative estimate of drug-likeness (QED) is 0.887. The second-order valence-corrected chi connectivity index (χ2v) is 6.67. The average Bonchev–Trinajstić information content (AvgIpc) is 2.61.